The highest BCUT2D eigenvalue weighted by atomic mass is 32.2. The van der Waals surface area contributed by atoms with Gasteiger partial charge in [0.1, 0.15) is 0 Å². The Hall–Kier alpha value is -0.620. The third-order valence-electron chi connectivity index (χ3n) is 4.13. The van der Waals surface area contributed by atoms with E-state index in [2.05, 4.69) is 29.2 Å². The normalized spacial score (nSPS) is 18.7. The van der Waals surface area contributed by atoms with Crippen molar-refractivity contribution in [2.24, 2.45) is 10.9 Å². The third kappa shape index (κ3) is 8.15. The number of nitrogens with zero attached hydrogens (tertiary/aromatic N) is 2. The minimum absolute atomic E-state index is 0.164. The van der Waals surface area contributed by atoms with Crippen molar-refractivity contribution < 1.29 is 8.95 Å². The summed E-state index contributed by atoms with van der Waals surface area (Å²) in [6.07, 6.45) is 3.52. The molecule has 1 N–H and O–H groups in total. The molecule has 136 valence electrons. The summed E-state index contributed by atoms with van der Waals surface area (Å²) in [5.74, 6) is 2.31. The largest absolute Gasteiger partial charge is 0.381 e. The van der Waals surface area contributed by atoms with E-state index in [1.54, 1.807) is 0 Å². The van der Waals surface area contributed by atoms with Crippen molar-refractivity contribution in [1.29, 1.82) is 0 Å². The summed E-state index contributed by atoms with van der Waals surface area (Å²) in [6.45, 7) is 12.4. The molecule has 0 saturated carbocycles. The molecule has 23 heavy (non-hydrogen) atoms. The topological polar surface area (TPSA) is 53.9 Å². The second-order valence-corrected chi connectivity index (χ2v) is 9.49. The lowest BCUT2D eigenvalue weighted by Gasteiger charge is -2.27. The van der Waals surface area contributed by atoms with Crippen molar-refractivity contribution in [3.8, 4) is 0 Å². The van der Waals surface area contributed by atoms with Crippen molar-refractivity contribution >= 4 is 16.8 Å². The minimum atomic E-state index is -0.846. The highest BCUT2D eigenvalue weighted by Gasteiger charge is 2.19. The lowest BCUT2D eigenvalue weighted by molar-refractivity contribution is 0.0625. The average molecular weight is 346 g/mol. The lowest BCUT2D eigenvalue weighted by atomic mass is 9.96. The number of nitrogens with one attached hydrogen (secondary N) is 1. The van der Waals surface area contributed by atoms with E-state index in [1.165, 1.54) is 19.3 Å². The fraction of sp³-hybridized carbons (Fsp3) is 0.941. The number of guanidine groups is 1. The summed E-state index contributed by atoms with van der Waals surface area (Å²) in [5, 5.41) is 3.33. The molecule has 0 bridgehead atoms. The molecule has 0 aliphatic carbocycles. The van der Waals surface area contributed by atoms with Crippen LogP contribution in [0.15, 0.2) is 4.99 Å². The molecular weight excluding hydrogens is 310 g/mol. The van der Waals surface area contributed by atoms with Gasteiger partial charge in [-0.2, -0.15) is 0 Å². The first kappa shape index (κ1) is 20.4. The maximum Gasteiger partial charge on any atom is 0.193 e. The Morgan fingerprint density at radius 2 is 2.00 bits per heavy atom. The van der Waals surface area contributed by atoms with Crippen LogP contribution in [0, 0.1) is 5.92 Å². The van der Waals surface area contributed by atoms with Gasteiger partial charge in [0, 0.05) is 54.7 Å². The quantitative estimate of drug-likeness (QED) is 0.568. The summed E-state index contributed by atoms with van der Waals surface area (Å²) in [4.78, 5) is 6.84. The van der Waals surface area contributed by atoms with E-state index in [0.29, 0.717) is 12.3 Å². The van der Waals surface area contributed by atoms with Gasteiger partial charge >= 0.3 is 0 Å². The van der Waals surface area contributed by atoms with E-state index in [9.17, 15) is 4.21 Å². The Morgan fingerprint density at radius 3 is 2.57 bits per heavy atom. The number of ether oxygens (including phenoxy) is 1. The highest BCUT2D eigenvalue weighted by Crippen LogP contribution is 2.18. The van der Waals surface area contributed by atoms with E-state index in [1.807, 2.05) is 20.8 Å². The number of aliphatic imine (C=N–C) groups is 1. The summed E-state index contributed by atoms with van der Waals surface area (Å²) < 4.78 is 17.4. The molecule has 1 heterocycles. The summed E-state index contributed by atoms with van der Waals surface area (Å²) in [7, 11) is 1.24. The Bertz CT molecular complexity index is 388. The second-order valence-electron chi connectivity index (χ2n) is 7.16. The molecule has 0 aromatic rings. The molecule has 1 aliphatic heterocycles. The molecule has 1 aliphatic rings. The Kier molecular flexibility index (Phi) is 9.14. The first-order chi connectivity index (χ1) is 10.8. The van der Waals surface area contributed by atoms with E-state index in [-0.39, 0.29) is 4.75 Å². The SMILES string of the molecule is CCNC(=NCCS(=O)C(C)(C)C)N(C)CCC1CCOCC1. The maximum atomic E-state index is 12.1. The van der Waals surface area contributed by atoms with Crippen molar-refractivity contribution in [3.63, 3.8) is 0 Å². The monoisotopic (exact) mass is 345 g/mol. The molecule has 5 nitrogen and oxygen atoms in total. The Labute approximate surface area is 144 Å². The van der Waals surface area contributed by atoms with Crippen molar-refractivity contribution in [1.82, 2.24) is 10.2 Å². The molecule has 1 atom stereocenters. The predicted octanol–water partition coefficient (Wildman–Crippen LogP) is 2.25. The van der Waals surface area contributed by atoms with Crippen LogP contribution in [0.5, 0.6) is 0 Å². The van der Waals surface area contributed by atoms with Gasteiger partial charge in [-0.05, 0) is 52.9 Å². The Balaban J connectivity index is 2.44. The van der Waals surface area contributed by atoms with Crippen LogP contribution in [0.2, 0.25) is 0 Å². The van der Waals surface area contributed by atoms with Crippen LogP contribution >= 0.6 is 0 Å². The fourth-order valence-corrected chi connectivity index (χ4v) is 3.40. The standard InChI is InChI=1S/C17H35N3O2S/c1-6-18-16(19-10-14-23(21)17(2,3)4)20(5)11-7-15-8-12-22-13-9-15/h15H,6-14H2,1-5H3,(H,18,19). The molecule has 0 amide bonds. The zero-order valence-electron chi connectivity index (χ0n) is 15.6. The van der Waals surface area contributed by atoms with E-state index < -0.39 is 10.8 Å². The van der Waals surface area contributed by atoms with Gasteiger partial charge in [0.05, 0.1) is 6.54 Å². The molecule has 1 saturated heterocycles. The van der Waals surface area contributed by atoms with Crippen LogP contribution in [0.25, 0.3) is 0 Å². The van der Waals surface area contributed by atoms with Crippen LogP contribution in [-0.4, -0.2) is 65.5 Å². The maximum absolute atomic E-state index is 12.1. The molecule has 0 spiro atoms. The molecule has 0 aromatic carbocycles. The first-order valence-corrected chi connectivity index (χ1v) is 10.1. The summed E-state index contributed by atoms with van der Waals surface area (Å²) in [5.41, 5.74) is 0. The second kappa shape index (κ2) is 10.3. The fourth-order valence-electron chi connectivity index (χ4n) is 2.53. The zero-order chi connectivity index (χ0) is 17.3. The Morgan fingerprint density at radius 1 is 1.35 bits per heavy atom. The predicted molar refractivity (Wildman–Crippen MR) is 99.5 cm³/mol. The van der Waals surface area contributed by atoms with Gasteiger partial charge in [-0.25, -0.2) is 0 Å². The first-order valence-electron chi connectivity index (χ1n) is 8.80. The number of hydrogen-bond donors (Lipinski definition) is 1. The lowest BCUT2D eigenvalue weighted by Crippen LogP contribution is -2.40. The highest BCUT2D eigenvalue weighted by molar-refractivity contribution is 7.86. The van der Waals surface area contributed by atoms with Gasteiger partial charge < -0.3 is 15.0 Å². The van der Waals surface area contributed by atoms with Crippen LogP contribution in [-0.2, 0) is 15.5 Å². The van der Waals surface area contributed by atoms with Crippen molar-refractivity contribution in [3.05, 3.63) is 0 Å². The summed E-state index contributed by atoms with van der Waals surface area (Å²) >= 11 is 0. The molecule has 1 rings (SSSR count). The van der Waals surface area contributed by atoms with Crippen molar-refractivity contribution in [2.75, 3.05) is 45.6 Å². The third-order valence-corrected chi connectivity index (χ3v) is 6.05. The van der Waals surface area contributed by atoms with Crippen LogP contribution in [0.1, 0.15) is 47.0 Å². The minimum Gasteiger partial charge on any atom is -0.381 e. The van der Waals surface area contributed by atoms with Crippen molar-refractivity contribution in [2.45, 2.75) is 51.7 Å². The molecule has 0 radical (unpaired) electrons. The van der Waals surface area contributed by atoms with Gasteiger partial charge in [-0.1, -0.05) is 0 Å². The molecule has 0 aromatic heterocycles. The van der Waals surface area contributed by atoms with E-state index in [4.69, 9.17) is 4.74 Å². The number of rotatable bonds is 7. The van der Waals surface area contributed by atoms with Gasteiger partial charge in [-0.3, -0.25) is 9.20 Å². The van der Waals surface area contributed by atoms with Gasteiger partial charge in [-0.15, -0.1) is 0 Å². The van der Waals surface area contributed by atoms with E-state index in [0.717, 1.165) is 38.2 Å². The van der Waals surface area contributed by atoms with Gasteiger partial charge in [0.25, 0.3) is 0 Å². The van der Waals surface area contributed by atoms with Gasteiger partial charge in [0.2, 0.25) is 0 Å². The van der Waals surface area contributed by atoms with Crippen LogP contribution in [0.3, 0.4) is 0 Å². The summed E-state index contributed by atoms with van der Waals surface area (Å²) in [6, 6.07) is 0. The van der Waals surface area contributed by atoms with Crippen LogP contribution < -0.4 is 5.32 Å². The van der Waals surface area contributed by atoms with E-state index >= 15 is 0 Å². The molecule has 1 unspecified atom stereocenters. The van der Waals surface area contributed by atoms with Gasteiger partial charge in [0.15, 0.2) is 5.96 Å². The molecule has 1 fully saturated rings. The molecular formula is C17H35N3O2S. The smallest absolute Gasteiger partial charge is 0.193 e. The zero-order valence-corrected chi connectivity index (χ0v) is 16.4. The molecule has 6 heteroatoms. The average Bonchev–Trinajstić information content (AvgIpc) is 2.51. The number of hydrogen-bond acceptors (Lipinski definition) is 3. The van der Waals surface area contributed by atoms with Crippen LogP contribution in [0.4, 0.5) is 0 Å².